The second kappa shape index (κ2) is 10.3. The molecule has 1 saturated heterocycles. The number of aromatic nitrogens is 1. The summed E-state index contributed by atoms with van der Waals surface area (Å²) in [7, 11) is 1.96. The summed E-state index contributed by atoms with van der Waals surface area (Å²) in [6.45, 7) is 3.54. The molecule has 3 rings (SSSR count). The van der Waals surface area contributed by atoms with Gasteiger partial charge in [0.25, 0.3) is 0 Å². The topological polar surface area (TPSA) is 54.5 Å². The van der Waals surface area contributed by atoms with Gasteiger partial charge in [0.1, 0.15) is 6.10 Å². The van der Waals surface area contributed by atoms with Crippen molar-refractivity contribution in [2.75, 3.05) is 20.1 Å². The maximum absolute atomic E-state index is 12.5. The van der Waals surface area contributed by atoms with Gasteiger partial charge < -0.3 is 15.0 Å². The van der Waals surface area contributed by atoms with Gasteiger partial charge in [-0.05, 0) is 50.8 Å². The minimum atomic E-state index is -0.0182. The number of hydrogen-bond donors (Lipinski definition) is 1. The molecule has 0 radical (unpaired) electrons. The summed E-state index contributed by atoms with van der Waals surface area (Å²) in [5.74, 6) is 1.46. The van der Waals surface area contributed by atoms with Crippen molar-refractivity contribution in [2.45, 2.75) is 64.0 Å². The minimum Gasteiger partial charge on any atom is -0.485 e. The highest BCUT2D eigenvalue weighted by Gasteiger charge is 2.30. The van der Waals surface area contributed by atoms with E-state index < -0.39 is 0 Å². The van der Waals surface area contributed by atoms with Gasteiger partial charge in [0.15, 0.2) is 10.9 Å². The van der Waals surface area contributed by atoms with E-state index >= 15 is 0 Å². The third-order valence-electron chi connectivity index (χ3n) is 5.85. The van der Waals surface area contributed by atoms with E-state index in [0.717, 1.165) is 24.9 Å². The van der Waals surface area contributed by atoms with Crippen molar-refractivity contribution in [3.8, 4) is 5.75 Å². The molecule has 154 valence electrons. The van der Waals surface area contributed by atoms with E-state index in [0.29, 0.717) is 35.8 Å². The van der Waals surface area contributed by atoms with Crippen LogP contribution in [0.1, 0.15) is 57.4 Å². The molecule has 1 saturated carbocycles. The number of rotatable bonds is 8. The number of carbonyl (C=O) groups excluding carboxylic acids is 1. The van der Waals surface area contributed by atoms with Gasteiger partial charge in [0, 0.05) is 31.6 Å². The van der Waals surface area contributed by atoms with Crippen LogP contribution in [0.2, 0.25) is 5.15 Å². The maximum Gasteiger partial charge on any atom is 0.222 e. The molecule has 2 atom stereocenters. The van der Waals surface area contributed by atoms with Gasteiger partial charge in [-0.1, -0.05) is 36.6 Å². The molecule has 6 heteroatoms. The third kappa shape index (κ3) is 5.95. The van der Waals surface area contributed by atoms with Crippen molar-refractivity contribution in [1.29, 1.82) is 0 Å². The van der Waals surface area contributed by atoms with E-state index in [4.69, 9.17) is 16.3 Å². The molecule has 1 aromatic rings. The minimum absolute atomic E-state index is 0.0182. The van der Waals surface area contributed by atoms with Crippen LogP contribution in [-0.4, -0.2) is 48.1 Å². The molecule has 1 aliphatic heterocycles. The van der Waals surface area contributed by atoms with E-state index in [1.54, 1.807) is 6.20 Å². The van der Waals surface area contributed by atoms with Crippen molar-refractivity contribution in [2.24, 2.45) is 5.92 Å². The van der Waals surface area contributed by atoms with E-state index in [1.165, 1.54) is 25.7 Å². The Hall–Kier alpha value is -1.59. The van der Waals surface area contributed by atoms with Crippen molar-refractivity contribution in [3.05, 3.63) is 29.1 Å². The number of nitrogens with one attached hydrogen (secondary N) is 1. The van der Waals surface area contributed by atoms with Crippen molar-refractivity contribution < 1.29 is 9.53 Å². The first kappa shape index (κ1) is 21.1. The van der Waals surface area contributed by atoms with Gasteiger partial charge in [0.2, 0.25) is 5.91 Å². The standard InChI is InChI=1S/C22H32ClN3O2/c1-16(24-2)6-5-9-18-12-20(22(23)25-14-18)28-19-10-11-26(15-19)21(27)13-17-7-3-4-8-17/h5,9,12,14,16-17,19,24H,3-4,6-8,10-11,13,15H2,1-2H3/b9-5+/t16-,19-/m0/s1. The Balaban J connectivity index is 1.53. The summed E-state index contributed by atoms with van der Waals surface area (Å²) >= 11 is 6.24. The Labute approximate surface area is 173 Å². The zero-order valence-corrected chi connectivity index (χ0v) is 17.8. The van der Waals surface area contributed by atoms with Gasteiger partial charge in [-0.25, -0.2) is 4.98 Å². The summed E-state index contributed by atoms with van der Waals surface area (Å²) in [5.41, 5.74) is 0.967. The highest BCUT2D eigenvalue weighted by atomic mass is 35.5. The van der Waals surface area contributed by atoms with E-state index in [1.807, 2.05) is 24.1 Å². The SMILES string of the molecule is CN[C@@H](C)C/C=C/c1cnc(Cl)c(O[C@H]2CCN(C(=O)CC3CCCC3)C2)c1. The zero-order chi connectivity index (χ0) is 19.9. The fourth-order valence-corrected chi connectivity index (χ4v) is 4.11. The second-order valence-electron chi connectivity index (χ2n) is 8.11. The normalized spacial score (nSPS) is 21.5. The van der Waals surface area contributed by atoms with Gasteiger partial charge >= 0.3 is 0 Å². The lowest BCUT2D eigenvalue weighted by Gasteiger charge is -2.19. The highest BCUT2D eigenvalue weighted by molar-refractivity contribution is 6.30. The Morgan fingerprint density at radius 3 is 2.96 bits per heavy atom. The maximum atomic E-state index is 12.5. The van der Waals surface area contributed by atoms with Gasteiger partial charge in [0.05, 0.1) is 6.54 Å². The summed E-state index contributed by atoms with van der Waals surface area (Å²) in [6, 6.07) is 2.36. The van der Waals surface area contributed by atoms with Crippen LogP contribution in [0, 0.1) is 5.92 Å². The van der Waals surface area contributed by atoms with Crippen LogP contribution in [0.25, 0.3) is 6.08 Å². The predicted molar refractivity (Wildman–Crippen MR) is 114 cm³/mol. The Morgan fingerprint density at radius 1 is 1.43 bits per heavy atom. The molecule has 2 heterocycles. The van der Waals surface area contributed by atoms with Crippen LogP contribution in [0.5, 0.6) is 5.75 Å². The number of ether oxygens (including phenoxy) is 1. The molecule has 1 aromatic heterocycles. The first-order chi connectivity index (χ1) is 13.5. The fraction of sp³-hybridized carbons (Fsp3) is 0.636. The molecule has 0 bridgehead atoms. The average molecular weight is 406 g/mol. The number of nitrogens with zero attached hydrogens (tertiary/aromatic N) is 2. The molecule has 1 N–H and O–H groups in total. The zero-order valence-electron chi connectivity index (χ0n) is 17.0. The molecule has 1 aliphatic carbocycles. The number of hydrogen-bond acceptors (Lipinski definition) is 4. The van der Waals surface area contributed by atoms with Crippen LogP contribution in [0.4, 0.5) is 0 Å². The molecule has 5 nitrogen and oxygen atoms in total. The van der Waals surface area contributed by atoms with Crippen molar-refractivity contribution in [1.82, 2.24) is 15.2 Å². The number of pyridine rings is 1. The number of amides is 1. The Kier molecular flexibility index (Phi) is 7.74. The molecule has 1 amide bonds. The first-order valence-electron chi connectivity index (χ1n) is 10.5. The third-order valence-corrected chi connectivity index (χ3v) is 6.13. The van der Waals surface area contributed by atoms with Crippen LogP contribution in [0.3, 0.4) is 0 Å². The lowest BCUT2D eigenvalue weighted by atomic mass is 10.0. The molecule has 0 unspecified atom stereocenters. The van der Waals surface area contributed by atoms with Gasteiger partial charge in [-0.2, -0.15) is 0 Å². The number of carbonyl (C=O) groups is 1. The molecular weight excluding hydrogens is 374 g/mol. The van der Waals surface area contributed by atoms with Crippen molar-refractivity contribution in [3.63, 3.8) is 0 Å². The lowest BCUT2D eigenvalue weighted by molar-refractivity contribution is -0.131. The predicted octanol–water partition coefficient (Wildman–Crippen LogP) is 4.31. The Morgan fingerprint density at radius 2 is 2.21 bits per heavy atom. The first-order valence-corrected chi connectivity index (χ1v) is 10.9. The average Bonchev–Trinajstić information content (AvgIpc) is 3.36. The highest BCUT2D eigenvalue weighted by Crippen LogP contribution is 2.30. The summed E-state index contributed by atoms with van der Waals surface area (Å²) < 4.78 is 6.11. The Bertz CT molecular complexity index is 688. The van der Waals surface area contributed by atoms with Crippen LogP contribution >= 0.6 is 11.6 Å². The second-order valence-corrected chi connectivity index (χ2v) is 8.47. The van der Waals surface area contributed by atoms with Crippen molar-refractivity contribution >= 4 is 23.6 Å². The van der Waals surface area contributed by atoms with Crippen LogP contribution in [0.15, 0.2) is 18.3 Å². The van der Waals surface area contributed by atoms with Gasteiger partial charge in [-0.15, -0.1) is 0 Å². The molecule has 2 fully saturated rings. The summed E-state index contributed by atoms with van der Waals surface area (Å²) in [6.07, 6.45) is 13.3. The molecule has 28 heavy (non-hydrogen) atoms. The molecule has 0 spiro atoms. The summed E-state index contributed by atoms with van der Waals surface area (Å²) in [4.78, 5) is 18.7. The summed E-state index contributed by atoms with van der Waals surface area (Å²) in [5, 5.41) is 3.58. The van der Waals surface area contributed by atoms with E-state index in [2.05, 4.69) is 23.3 Å². The fourth-order valence-electron chi connectivity index (χ4n) is 3.96. The van der Waals surface area contributed by atoms with E-state index in [9.17, 15) is 4.79 Å². The smallest absolute Gasteiger partial charge is 0.222 e. The quantitative estimate of drug-likeness (QED) is 0.655. The van der Waals surface area contributed by atoms with Crippen LogP contribution < -0.4 is 10.1 Å². The molecule has 2 aliphatic rings. The molecule has 0 aromatic carbocycles. The largest absolute Gasteiger partial charge is 0.485 e. The lowest BCUT2D eigenvalue weighted by Crippen LogP contribution is -2.31. The monoisotopic (exact) mass is 405 g/mol. The molecular formula is C22H32ClN3O2. The number of likely N-dealkylation sites (tertiary alicyclic amines) is 1. The van der Waals surface area contributed by atoms with Gasteiger partial charge in [-0.3, -0.25) is 4.79 Å². The van der Waals surface area contributed by atoms with E-state index in [-0.39, 0.29) is 12.0 Å². The number of halogens is 1. The van der Waals surface area contributed by atoms with Crippen LogP contribution in [-0.2, 0) is 4.79 Å².